The highest BCUT2D eigenvalue weighted by Crippen LogP contribution is 2.45. The van der Waals surface area contributed by atoms with Gasteiger partial charge in [-0.1, -0.05) is 0 Å². The molecule has 1 heterocycles. The maximum Gasteiger partial charge on any atom is 0.233 e. The van der Waals surface area contributed by atoms with Gasteiger partial charge in [0.15, 0.2) is 11.5 Å². The molecule has 1 atom stereocenters. The zero-order chi connectivity index (χ0) is 16.1. The molecule has 1 aromatic rings. The molecule has 1 aliphatic heterocycles. The van der Waals surface area contributed by atoms with Crippen molar-refractivity contribution in [3.05, 3.63) is 17.7 Å². The highest BCUT2D eigenvalue weighted by Gasteiger charge is 2.33. The van der Waals surface area contributed by atoms with Crippen LogP contribution in [0, 0.1) is 11.3 Å². The van der Waals surface area contributed by atoms with Crippen LogP contribution in [0.15, 0.2) is 12.1 Å². The highest BCUT2D eigenvalue weighted by atomic mass is 32.2. The van der Waals surface area contributed by atoms with Gasteiger partial charge < -0.3 is 19.1 Å². The number of hydrogen-bond acceptors (Lipinski definition) is 6. The van der Waals surface area contributed by atoms with Crippen LogP contribution in [0.4, 0.5) is 0 Å². The lowest BCUT2D eigenvalue weighted by atomic mass is 10.1. The van der Waals surface area contributed by atoms with Gasteiger partial charge in [-0.3, -0.25) is 4.79 Å². The Balaban J connectivity index is 2.39. The van der Waals surface area contributed by atoms with Crippen molar-refractivity contribution in [3.8, 4) is 23.3 Å². The number of rotatable bonds is 6. The second-order valence-electron chi connectivity index (χ2n) is 4.62. The van der Waals surface area contributed by atoms with Crippen molar-refractivity contribution in [3.63, 3.8) is 0 Å². The first-order valence-corrected chi connectivity index (χ1v) is 7.79. The molecular weight excluding hydrogens is 304 g/mol. The van der Waals surface area contributed by atoms with Gasteiger partial charge in [-0.05, 0) is 17.7 Å². The molecule has 0 saturated carbocycles. The van der Waals surface area contributed by atoms with E-state index in [1.165, 1.54) is 11.8 Å². The van der Waals surface area contributed by atoms with Crippen molar-refractivity contribution in [2.45, 2.75) is 11.8 Å². The van der Waals surface area contributed by atoms with Crippen LogP contribution in [-0.4, -0.2) is 44.4 Å². The van der Waals surface area contributed by atoms with Crippen molar-refractivity contribution in [1.82, 2.24) is 4.90 Å². The molecular formula is C15H18N2O4S. The summed E-state index contributed by atoms with van der Waals surface area (Å²) in [7, 11) is 4.66. The van der Waals surface area contributed by atoms with E-state index in [4.69, 9.17) is 19.5 Å². The standard InChI is InChI=1S/C15H18N2O4S/c1-19-11-7-10(8-12(20-2)14(11)21-3)15-17(6-4-5-16)13(18)9-22-15/h7-8,15H,4,6,9H2,1-3H3. The summed E-state index contributed by atoms with van der Waals surface area (Å²) in [4.78, 5) is 13.7. The van der Waals surface area contributed by atoms with E-state index in [-0.39, 0.29) is 11.3 Å². The molecule has 0 bridgehead atoms. The Hall–Kier alpha value is -2.07. The third-order valence-electron chi connectivity index (χ3n) is 3.40. The highest BCUT2D eigenvalue weighted by molar-refractivity contribution is 8.00. The van der Waals surface area contributed by atoms with E-state index in [1.807, 2.05) is 12.1 Å². The number of hydrogen-bond donors (Lipinski definition) is 0. The predicted molar refractivity (Wildman–Crippen MR) is 83.2 cm³/mol. The summed E-state index contributed by atoms with van der Waals surface area (Å²) in [5.41, 5.74) is 0.892. The number of carbonyl (C=O) groups excluding carboxylic acids is 1. The van der Waals surface area contributed by atoms with Crippen LogP contribution in [-0.2, 0) is 4.79 Å². The van der Waals surface area contributed by atoms with Gasteiger partial charge in [0.05, 0.1) is 39.6 Å². The number of thioether (sulfide) groups is 1. The van der Waals surface area contributed by atoms with Gasteiger partial charge in [0, 0.05) is 6.54 Å². The largest absolute Gasteiger partial charge is 0.493 e. The van der Waals surface area contributed by atoms with Crippen LogP contribution < -0.4 is 14.2 Å². The van der Waals surface area contributed by atoms with Crippen molar-refractivity contribution in [2.24, 2.45) is 0 Å². The third kappa shape index (κ3) is 3.07. The molecule has 0 N–H and O–H groups in total. The normalized spacial score (nSPS) is 17.3. The Morgan fingerprint density at radius 1 is 1.27 bits per heavy atom. The van der Waals surface area contributed by atoms with Gasteiger partial charge in [0.1, 0.15) is 5.37 Å². The number of amides is 1. The third-order valence-corrected chi connectivity index (χ3v) is 4.66. The molecule has 2 rings (SSSR count). The minimum atomic E-state index is -0.144. The maximum absolute atomic E-state index is 12.0. The first kappa shape index (κ1) is 16.3. The molecule has 6 nitrogen and oxygen atoms in total. The molecule has 7 heteroatoms. The van der Waals surface area contributed by atoms with Crippen LogP contribution in [0.1, 0.15) is 17.4 Å². The first-order valence-electron chi connectivity index (χ1n) is 6.74. The lowest BCUT2D eigenvalue weighted by Gasteiger charge is -2.24. The topological polar surface area (TPSA) is 71.8 Å². The van der Waals surface area contributed by atoms with E-state index < -0.39 is 0 Å². The number of benzene rings is 1. The van der Waals surface area contributed by atoms with Crippen LogP contribution in [0.25, 0.3) is 0 Å². The van der Waals surface area contributed by atoms with Gasteiger partial charge in [0.2, 0.25) is 11.7 Å². The fourth-order valence-electron chi connectivity index (χ4n) is 2.39. The lowest BCUT2D eigenvalue weighted by molar-refractivity contribution is -0.127. The summed E-state index contributed by atoms with van der Waals surface area (Å²) in [6.45, 7) is 0.420. The summed E-state index contributed by atoms with van der Waals surface area (Å²) >= 11 is 1.53. The summed E-state index contributed by atoms with van der Waals surface area (Å²) in [5, 5.41) is 8.61. The molecule has 118 valence electrons. The molecule has 1 saturated heterocycles. The predicted octanol–water partition coefficient (Wildman–Crippen LogP) is 2.20. The van der Waals surface area contributed by atoms with E-state index in [0.29, 0.717) is 36.0 Å². The Kier molecular flexibility index (Phi) is 5.39. The Bertz CT molecular complexity index is 575. The van der Waals surface area contributed by atoms with Crippen LogP contribution >= 0.6 is 11.8 Å². The summed E-state index contributed by atoms with van der Waals surface area (Å²) in [6.07, 6.45) is 0.313. The lowest BCUT2D eigenvalue weighted by Crippen LogP contribution is -2.29. The van der Waals surface area contributed by atoms with E-state index in [9.17, 15) is 4.79 Å². The average molecular weight is 322 g/mol. The van der Waals surface area contributed by atoms with Gasteiger partial charge in [-0.25, -0.2) is 0 Å². The van der Waals surface area contributed by atoms with Crippen LogP contribution in [0.5, 0.6) is 17.2 Å². The molecule has 22 heavy (non-hydrogen) atoms. The molecule has 1 aliphatic rings. The number of methoxy groups -OCH3 is 3. The second-order valence-corrected chi connectivity index (χ2v) is 5.69. The van der Waals surface area contributed by atoms with Crippen molar-refractivity contribution in [1.29, 1.82) is 5.26 Å². The van der Waals surface area contributed by atoms with Gasteiger partial charge in [0.25, 0.3) is 0 Å². The van der Waals surface area contributed by atoms with Gasteiger partial charge >= 0.3 is 0 Å². The first-order chi connectivity index (χ1) is 10.7. The van der Waals surface area contributed by atoms with E-state index in [2.05, 4.69) is 6.07 Å². The van der Waals surface area contributed by atoms with Gasteiger partial charge in [-0.15, -0.1) is 11.8 Å². The Labute approximate surface area is 133 Å². The zero-order valence-electron chi connectivity index (χ0n) is 12.8. The summed E-state index contributed by atoms with van der Waals surface area (Å²) < 4.78 is 16.0. The fraction of sp³-hybridized carbons (Fsp3) is 0.467. The molecule has 1 aromatic carbocycles. The molecule has 1 amide bonds. The van der Waals surface area contributed by atoms with Gasteiger partial charge in [-0.2, -0.15) is 5.26 Å². The summed E-state index contributed by atoms with van der Waals surface area (Å²) in [5.74, 6) is 2.08. The Morgan fingerprint density at radius 3 is 2.41 bits per heavy atom. The molecule has 0 spiro atoms. The molecule has 1 unspecified atom stereocenters. The van der Waals surface area contributed by atoms with Crippen LogP contribution in [0.3, 0.4) is 0 Å². The van der Waals surface area contributed by atoms with Crippen molar-refractivity contribution in [2.75, 3.05) is 33.6 Å². The molecule has 0 aromatic heterocycles. The van der Waals surface area contributed by atoms with E-state index in [1.54, 1.807) is 26.2 Å². The molecule has 1 fully saturated rings. The second kappa shape index (κ2) is 7.27. The SMILES string of the molecule is COc1cc(C2SCC(=O)N2CCC#N)cc(OC)c1OC. The van der Waals surface area contributed by atoms with E-state index >= 15 is 0 Å². The van der Waals surface area contributed by atoms with E-state index in [0.717, 1.165) is 5.56 Å². The monoisotopic (exact) mass is 322 g/mol. The van der Waals surface area contributed by atoms with Crippen LogP contribution in [0.2, 0.25) is 0 Å². The quantitative estimate of drug-likeness (QED) is 0.799. The minimum Gasteiger partial charge on any atom is -0.493 e. The van der Waals surface area contributed by atoms with Crippen molar-refractivity contribution < 1.29 is 19.0 Å². The zero-order valence-corrected chi connectivity index (χ0v) is 13.6. The minimum absolute atomic E-state index is 0.0407. The fourth-order valence-corrected chi connectivity index (χ4v) is 3.58. The molecule has 0 aliphatic carbocycles. The molecule has 0 radical (unpaired) electrons. The number of carbonyl (C=O) groups is 1. The Morgan fingerprint density at radius 2 is 1.91 bits per heavy atom. The van der Waals surface area contributed by atoms with Crippen molar-refractivity contribution >= 4 is 17.7 Å². The number of nitriles is 1. The smallest absolute Gasteiger partial charge is 0.233 e. The summed E-state index contributed by atoms with van der Waals surface area (Å²) in [6, 6.07) is 5.77. The number of ether oxygens (including phenoxy) is 3. The number of nitrogens with zero attached hydrogens (tertiary/aromatic N) is 2. The maximum atomic E-state index is 12.0. The average Bonchev–Trinajstić information content (AvgIpc) is 2.92.